The minimum absolute atomic E-state index is 0.0142. The van der Waals surface area contributed by atoms with Gasteiger partial charge in [-0.15, -0.1) is 0 Å². The molecule has 0 radical (unpaired) electrons. The lowest BCUT2D eigenvalue weighted by atomic mass is 10.2. The zero-order chi connectivity index (χ0) is 18.3. The number of ether oxygens (including phenoxy) is 1. The molecule has 24 heavy (non-hydrogen) atoms. The van der Waals surface area contributed by atoms with Gasteiger partial charge in [0.05, 0.1) is 11.4 Å². The molecule has 0 saturated heterocycles. The van der Waals surface area contributed by atoms with Gasteiger partial charge in [-0.05, 0) is 18.2 Å². The van der Waals surface area contributed by atoms with Crippen LogP contribution in [-0.4, -0.2) is 62.6 Å². The van der Waals surface area contributed by atoms with E-state index in [1.807, 2.05) is 0 Å². The lowest BCUT2D eigenvalue weighted by Crippen LogP contribution is -2.38. The lowest BCUT2D eigenvalue weighted by molar-refractivity contribution is -0.148. The van der Waals surface area contributed by atoms with E-state index in [0.717, 1.165) is 0 Å². The summed E-state index contributed by atoms with van der Waals surface area (Å²) in [5.74, 6) is -1.77. The molecule has 0 aliphatic rings. The van der Waals surface area contributed by atoms with Gasteiger partial charge < -0.3 is 15.2 Å². The van der Waals surface area contributed by atoms with Crippen molar-refractivity contribution in [2.24, 2.45) is 0 Å². The second-order valence-electron chi connectivity index (χ2n) is 4.89. The summed E-state index contributed by atoms with van der Waals surface area (Å²) in [5.41, 5.74) is 0.128. The number of nitrogens with one attached hydrogen (secondary N) is 1. The Morgan fingerprint density at radius 2 is 1.92 bits per heavy atom. The number of carboxylic acids is 1. The predicted molar refractivity (Wildman–Crippen MR) is 87.3 cm³/mol. The molecule has 0 spiro atoms. The second-order valence-corrected chi connectivity index (χ2v) is 6.83. The summed E-state index contributed by atoms with van der Waals surface area (Å²) in [6, 6.07) is 5.61. The normalized spacial score (nSPS) is 12.8. The molecule has 1 atom stereocenters. The molecular formula is C15H22N2O6S. The summed E-state index contributed by atoms with van der Waals surface area (Å²) in [7, 11) is -2.45. The topological polar surface area (TPSA) is 113 Å². The molecule has 134 valence electrons. The predicted octanol–water partition coefficient (Wildman–Crippen LogP) is 0.547. The van der Waals surface area contributed by atoms with Gasteiger partial charge in [0.25, 0.3) is 5.91 Å². The van der Waals surface area contributed by atoms with Crippen molar-refractivity contribution in [3.8, 4) is 0 Å². The molecule has 1 unspecified atom stereocenters. The molecule has 9 heteroatoms. The number of rotatable bonds is 9. The Balaban J connectivity index is 2.96. The van der Waals surface area contributed by atoms with Gasteiger partial charge in [-0.3, -0.25) is 4.79 Å². The van der Waals surface area contributed by atoms with Crippen molar-refractivity contribution < 1.29 is 27.9 Å². The van der Waals surface area contributed by atoms with Crippen molar-refractivity contribution in [3.05, 3.63) is 29.8 Å². The Morgan fingerprint density at radius 1 is 1.29 bits per heavy atom. The van der Waals surface area contributed by atoms with Crippen LogP contribution >= 0.6 is 0 Å². The molecule has 1 aromatic rings. The first-order chi connectivity index (χ1) is 11.3. The highest BCUT2D eigenvalue weighted by Crippen LogP contribution is 2.17. The Morgan fingerprint density at radius 3 is 2.42 bits per heavy atom. The fraction of sp³-hybridized carbons (Fsp3) is 0.467. The summed E-state index contributed by atoms with van der Waals surface area (Å²) >= 11 is 0. The number of methoxy groups -OCH3 is 1. The summed E-state index contributed by atoms with van der Waals surface area (Å²) in [6.45, 7) is 3.88. The first kappa shape index (κ1) is 20.1. The quantitative estimate of drug-likeness (QED) is 0.666. The molecule has 0 aliphatic carbocycles. The summed E-state index contributed by atoms with van der Waals surface area (Å²) in [5, 5.41) is 11.3. The largest absolute Gasteiger partial charge is 0.479 e. The molecule has 0 saturated carbocycles. The summed E-state index contributed by atoms with van der Waals surface area (Å²) in [6.07, 6.45) is -1.17. The van der Waals surface area contributed by atoms with E-state index in [1.165, 1.54) is 35.7 Å². The van der Waals surface area contributed by atoms with Gasteiger partial charge in [0, 0.05) is 25.8 Å². The molecule has 1 aromatic carbocycles. The Kier molecular flexibility index (Phi) is 7.33. The number of aliphatic carboxylic acids is 1. The lowest BCUT2D eigenvalue weighted by Gasteiger charge is -2.18. The standard InChI is InChI=1S/C15H22N2O6S/c1-4-17(5-2)24(21,22)12-8-6-7-11(9-12)14(18)16-10-13(23-3)15(19)20/h6-9,13H,4-5,10H2,1-3H3,(H,16,18)(H,19,20). The van der Waals surface area contributed by atoms with E-state index in [-0.39, 0.29) is 17.0 Å². The van der Waals surface area contributed by atoms with Crippen molar-refractivity contribution in [1.29, 1.82) is 0 Å². The van der Waals surface area contributed by atoms with Crippen molar-refractivity contribution in [3.63, 3.8) is 0 Å². The van der Waals surface area contributed by atoms with Crippen LogP contribution in [0.1, 0.15) is 24.2 Å². The molecule has 8 nitrogen and oxygen atoms in total. The van der Waals surface area contributed by atoms with Gasteiger partial charge in [-0.1, -0.05) is 19.9 Å². The molecule has 0 bridgehead atoms. The monoisotopic (exact) mass is 358 g/mol. The summed E-state index contributed by atoms with van der Waals surface area (Å²) < 4.78 is 30.9. The third-order valence-electron chi connectivity index (χ3n) is 3.45. The van der Waals surface area contributed by atoms with E-state index in [4.69, 9.17) is 9.84 Å². The van der Waals surface area contributed by atoms with Crippen LogP contribution in [0.2, 0.25) is 0 Å². The number of hydrogen-bond acceptors (Lipinski definition) is 5. The number of benzene rings is 1. The van der Waals surface area contributed by atoms with Gasteiger partial charge in [0.2, 0.25) is 10.0 Å². The number of hydrogen-bond donors (Lipinski definition) is 2. The maximum atomic E-state index is 12.5. The fourth-order valence-electron chi connectivity index (χ4n) is 2.07. The minimum Gasteiger partial charge on any atom is -0.479 e. The van der Waals surface area contributed by atoms with Crippen LogP contribution in [0.25, 0.3) is 0 Å². The maximum Gasteiger partial charge on any atom is 0.334 e. The fourth-order valence-corrected chi connectivity index (χ4v) is 3.57. The zero-order valence-electron chi connectivity index (χ0n) is 13.9. The van der Waals surface area contributed by atoms with E-state index in [0.29, 0.717) is 13.1 Å². The first-order valence-corrected chi connectivity index (χ1v) is 8.85. The highest BCUT2D eigenvalue weighted by Gasteiger charge is 2.23. The number of carboxylic acid groups (broad SMARTS) is 1. The van der Waals surface area contributed by atoms with Crippen LogP contribution in [0.3, 0.4) is 0 Å². The molecule has 0 aliphatic heterocycles. The minimum atomic E-state index is -3.67. The molecule has 1 amide bonds. The molecule has 0 heterocycles. The molecule has 2 N–H and O–H groups in total. The van der Waals surface area contributed by atoms with E-state index in [2.05, 4.69) is 5.32 Å². The van der Waals surface area contributed by atoms with Crippen LogP contribution in [0, 0.1) is 0 Å². The van der Waals surface area contributed by atoms with Crippen LogP contribution in [0.4, 0.5) is 0 Å². The van der Waals surface area contributed by atoms with Crippen molar-refractivity contribution in [2.45, 2.75) is 24.8 Å². The molecule has 0 fully saturated rings. The van der Waals surface area contributed by atoms with Gasteiger partial charge in [0.1, 0.15) is 0 Å². The second kappa shape index (κ2) is 8.76. The van der Waals surface area contributed by atoms with Crippen LogP contribution in [0.15, 0.2) is 29.2 Å². The van der Waals surface area contributed by atoms with Crippen LogP contribution in [-0.2, 0) is 19.6 Å². The van der Waals surface area contributed by atoms with Crippen LogP contribution < -0.4 is 5.32 Å². The van der Waals surface area contributed by atoms with E-state index in [1.54, 1.807) is 13.8 Å². The molecule has 1 rings (SSSR count). The summed E-state index contributed by atoms with van der Waals surface area (Å²) in [4.78, 5) is 23.0. The number of carbonyl (C=O) groups excluding carboxylic acids is 1. The van der Waals surface area contributed by atoms with E-state index >= 15 is 0 Å². The smallest absolute Gasteiger partial charge is 0.334 e. The van der Waals surface area contributed by atoms with Crippen LogP contribution in [0.5, 0.6) is 0 Å². The number of amides is 1. The highest BCUT2D eigenvalue weighted by molar-refractivity contribution is 7.89. The van der Waals surface area contributed by atoms with Crippen molar-refractivity contribution >= 4 is 21.9 Å². The van der Waals surface area contributed by atoms with Gasteiger partial charge in [0.15, 0.2) is 6.10 Å². The van der Waals surface area contributed by atoms with Gasteiger partial charge in [-0.25, -0.2) is 13.2 Å². The number of nitrogens with zero attached hydrogens (tertiary/aromatic N) is 1. The first-order valence-electron chi connectivity index (χ1n) is 7.41. The Bertz CT molecular complexity index is 685. The average molecular weight is 358 g/mol. The zero-order valence-corrected chi connectivity index (χ0v) is 14.7. The SMILES string of the molecule is CCN(CC)S(=O)(=O)c1cccc(C(=O)NCC(OC)C(=O)O)c1. The van der Waals surface area contributed by atoms with Gasteiger partial charge in [-0.2, -0.15) is 4.31 Å². The molecule has 0 aromatic heterocycles. The number of carbonyl (C=O) groups is 2. The van der Waals surface area contributed by atoms with Gasteiger partial charge >= 0.3 is 5.97 Å². The highest BCUT2D eigenvalue weighted by atomic mass is 32.2. The van der Waals surface area contributed by atoms with E-state index in [9.17, 15) is 18.0 Å². The Labute approximate surface area is 141 Å². The van der Waals surface area contributed by atoms with E-state index < -0.39 is 28.0 Å². The number of sulfonamides is 1. The molecular weight excluding hydrogens is 336 g/mol. The maximum absolute atomic E-state index is 12.5. The van der Waals surface area contributed by atoms with Crippen molar-refractivity contribution in [1.82, 2.24) is 9.62 Å². The third-order valence-corrected chi connectivity index (χ3v) is 5.49. The van der Waals surface area contributed by atoms with Crippen molar-refractivity contribution in [2.75, 3.05) is 26.7 Å². The average Bonchev–Trinajstić information content (AvgIpc) is 2.56. The Hall–Kier alpha value is -1.97. The third kappa shape index (κ3) is 4.76.